The number of hydrogen-bond donors (Lipinski definition) is 1. The maximum absolute atomic E-state index is 6.06. The lowest BCUT2D eigenvalue weighted by Gasteiger charge is -2.20. The molecule has 19 heavy (non-hydrogen) atoms. The van der Waals surface area contributed by atoms with E-state index in [9.17, 15) is 0 Å². The maximum atomic E-state index is 6.06. The van der Waals surface area contributed by atoms with Crippen molar-refractivity contribution < 1.29 is 0 Å². The summed E-state index contributed by atoms with van der Waals surface area (Å²) in [6.45, 7) is 8.16. The zero-order valence-electron chi connectivity index (χ0n) is 11.9. The van der Waals surface area contributed by atoms with Crippen LogP contribution in [0, 0.1) is 5.92 Å². The Balaban J connectivity index is 2.61. The lowest BCUT2D eigenvalue weighted by Crippen LogP contribution is -2.22. The van der Waals surface area contributed by atoms with Crippen LogP contribution in [0.25, 0.3) is 11.0 Å². The Kier molecular flexibility index (Phi) is 4.48. The van der Waals surface area contributed by atoms with Crippen LogP contribution < -0.4 is 5.73 Å². The second-order valence-electron chi connectivity index (χ2n) is 5.34. The fourth-order valence-electron chi connectivity index (χ4n) is 2.54. The zero-order chi connectivity index (χ0) is 14.0. The molecule has 3 nitrogen and oxygen atoms in total. The van der Waals surface area contributed by atoms with Gasteiger partial charge in [-0.1, -0.05) is 32.4 Å². The number of rotatable bonds is 5. The summed E-state index contributed by atoms with van der Waals surface area (Å²) in [5, 5.41) is 0.731. The monoisotopic (exact) mass is 279 g/mol. The van der Waals surface area contributed by atoms with Crippen LogP contribution in [0.5, 0.6) is 0 Å². The number of imidazole rings is 1. The van der Waals surface area contributed by atoms with Crippen LogP contribution in [0.3, 0.4) is 0 Å². The quantitative estimate of drug-likeness (QED) is 0.905. The molecule has 0 bridgehead atoms. The number of halogens is 1. The fourth-order valence-corrected chi connectivity index (χ4v) is 2.71. The highest BCUT2D eigenvalue weighted by atomic mass is 35.5. The summed E-state index contributed by atoms with van der Waals surface area (Å²) in [6, 6.07) is 5.91. The Hall–Kier alpha value is -1.06. The molecule has 0 fully saturated rings. The number of hydrogen-bond acceptors (Lipinski definition) is 2. The summed E-state index contributed by atoms with van der Waals surface area (Å²) < 4.78 is 2.29. The van der Waals surface area contributed by atoms with Crippen molar-refractivity contribution >= 4 is 22.6 Å². The van der Waals surface area contributed by atoms with E-state index in [1.165, 1.54) is 0 Å². The highest BCUT2D eigenvalue weighted by molar-refractivity contribution is 6.31. The molecule has 0 saturated carbocycles. The Morgan fingerprint density at radius 1 is 1.37 bits per heavy atom. The Morgan fingerprint density at radius 3 is 2.68 bits per heavy atom. The molecule has 1 aromatic heterocycles. The molecule has 1 aromatic carbocycles. The van der Waals surface area contributed by atoms with Gasteiger partial charge in [0.25, 0.3) is 0 Å². The summed E-state index contributed by atoms with van der Waals surface area (Å²) in [6.07, 6.45) is 1.08. The molecule has 0 amide bonds. The van der Waals surface area contributed by atoms with Gasteiger partial charge in [-0.2, -0.15) is 0 Å². The van der Waals surface area contributed by atoms with Crippen LogP contribution in [-0.2, 0) is 6.54 Å². The van der Waals surface area contributed by atoms with Crippen LogP contribution in [0.4, 0.5) is 0 Å². The molecule has 0 aliphatic heterocycles. The topological polar surface area (TPSA) is 43.8 Å². The van der Waals surface area contributed by atoms with Gasteiger partial charge >= 0.3 is 0 Å². The SMILES string of the molecule is CCCn1c(C(CN)C(C)C)nc2cc(Cl)ccc21. The highest BCUT2D eigenvalue weighted by Crippen LogP contribution is 2.28. The first-order valence-corrected chi connectivity index (χ1v) is 7.32. The predicted octanol–water partition coefficient (Wildman–Crippen LogP) is 3.80. The van der Waals surface area contributed by atoms with Crippen molar-refractivity contribution in [3.63, 3.8) is 0 Å². The third-order valence-electron chi connectivity index (χ3n) is 3.58. The maximum Gasteiger partial charge on any atom is 0.114 e. The van der Waals surface area contributed by atoms with Crippen LogP contribution in [-0.4, -0.2) is 16.1 Å². The van der Waals surface area contributed by atoms with E-state index in [1.54, 1.807) is 0 Å². The second-order valence-corrected chi connectivity index (χ2v) is 5.78. The van der Waals surface area contributed by atoms with Gasteiger partial charge < -0.3 is 10.3 Å². The molecule has 0 radical (unpaired) electrons. The van der Waals surface area contributed by atoms with Crippen molar-refractivity contribution in [1.29, 1.82) is 0 Å². The number of nitrogens with two attached hydrogens (primary N) is 1. The highest BCUT2D eigenvalue weighted by Gasteiger charge is 2.21. The molecular formula is C15H22ClN3. The van der Waals surface area contributed by atoms with Crippen LogP contribution in [0.2, 0.25) is 5.02 Å². The van der Waals surface area contributed by atoms with Crippen molar-refractivity contribution in [2.75, 3.05) is 6.54 Å². The van der Waals surface area contributed by atoms with E-state index in [1.807, 2.05) is 12.1 Å². The van der Waals surface area contributed by atoms with Gasteiger partial charge in [0.15, 0.2) is 0 Å². The lowest BCUT2D eigenvalue weighted by atomic mass is 9.95. The number of benzene rings is 1. The van der Waals surface area contributed by atoms with Gasteiger partial charge in [-0.15, -0.1) is 0 Å². The van der Waals surface area contributed by atoms with Crippen molar-refractivity contribution in [3.8, 4) is 0 Å². The molecule has 0 aliphatic carbocycles. The van der Waals surface area contributed by atoms with Gasteiger partial charge in [0.2, 0.25) is 0 Å². The van der Waals surface area contributed by atoms with Gasteiger partial charge in [-0.25, -0.2) is 4.98 Å². The standard InChI is InChI=1S/C15H22ClN3/c1-4-7-19-14-6-5-11(16)8-13(14)18-15(19)12(9-17)10(2)3/h5-6,8,10,12H,4,7,9,17H2,1-3H3. The van der Waals surface area contributed by atoms with Gasteiger partial charge in [0, 0.05) is 24.0 Å². The van der Waals surface area contributed by atoms with Crippen molar-refractivity contribution in [2.45, 2.75) is 39.7 Å². The van der Waals surface area contributed by atoms with Gasteiger partial charge in [-0.05, 0) is 30.5 Å². The third-order valence-corrected chi connectivity index (χ3v) is 3.81. The van der Waals surface area contributed by atoms with E-state index in [2.05, 4.69) is 31.4 Å². The zero-order valence-corrected chi connectivity index (χ0v) is 12.6. The van der Waals surface area contributed by atoms with Crippen molar-refractivity contribution in [2.24, 2.45) is 11.7 Å². The Morgan fingerprint density at radius 2 is 2.11 bits per heavy atom. The average Bonchev–Trinajstić information content (AvgIpc) is 2.68. The normalized spacial score (nSPS) is 13.4. The van der Waals surface area contributed by atoms with Gasteiger partial charge in [0.05, 0.1) is 11.0 Å². The van der Waals surface area contributed by atoms with Crippen LogP contribution in [0.1, 0.15) is 38.9 Å². The summed E-state index contributed by atoms with van der Waals surface area (Å²) in [5.41, 5.74) is 8.06. The summed E-state index contributed by atoms with van der Waals surface area (Å²) in [4.78, 5) is 4.78. The molecule has 2 rings (SSSR count). The summed E-state index contributed by atoms with van der Waals surface area (Å²) in [7, 11) is 0. The summed E-state index contributed by atoms with van der Waals surface area (Å²) >= 11 is 6.06. The second kappa shape index (κ2) is 5.93. The number of nitrogens with zero attached hydrogens (tertiary/aromatic N) is 2. The van der Waals surface area contributed by atoms with E-state index < -0.39 is 0 Å². The van der Waals surface area contributed by atoms with Crippen LogP contribution >= 0.6 is 11.6 Å². The molecule has 4 heteroatoms. The molecule has 0 saturated heterocycles. The molecular weight excluding hydrogens is 258 g/mol. The van der Waals surface area contributed by atoms with E-state index >= 15 is 0 Å². The molecule has 0 spiro atoms. The Bertz CT molecular complexity index is 560. The van der Waals surface area contributed by atoms with E-state index in [0.717, 1.165) is 34.8 Å². The number of aromatic nitrogens is 2. The molecule has 1 unspecified atom stereocenters. The molecule has 2 N–H and O–H groups in total. The van der Waals surface area contributed by atoms with E-state index in [4.69, 9.17) is 22.3 Å². The predicted molar refractivity (Wildman–Crippen MR) is 81.7 cm³/mol. The summed E-state index contributed by atoms with van der Waals surface area (Å²) in [5.74, 6) is 1.86. The largest absolute Gasteiger partial charge is 0.330 e. The van der Waals surface area contributed by atoms with Gasteiger partial charge in [-0.3, -0.25) is 0 Å². The lowest BCUT2D eigenvalue weighted by molar-refractivity contribution is 0.462. The smallest absolute Gasteiger partial charge is 0.114 e. The minimum Gasteiger partial charge on any atom is -0.330 e. The molecule has 104 valence electrons. The first kappa shape index (κ1) is 14.4. The number of fused-ring (bicyclic) bond motifs is 1. The van der Waals surface area contributed by atoms with Crippen molar-refractivity contribution in [3.05, 3.63) is 29.0 Å². The van der Waals surface area contributed by atoms with E-state index in [0.29, 0.717) is 12.5 Å². The first-order valence-electron chi connectivity index (χ1n) is 6.94. The minimum atomic E-state index is 0.290. The molecule has 0 aliphatic rings. The number of aryl methyl sites for hydroxylation is 1. The van der Waals surface area contributed by atoms with Gasteiger partial charge in [0.1, 0.15) is 5.82 Å². The van der Waals surface area contributed by atoms with Crippen LogP contribution in [0.15, 0.2) is 18.2 Å². The Labute approximate surface area is 119 Å². The van der Waals surface area contributed by atoms with Crippen molar-refractivity contribution in [1.82, 2.24) is 9.55 Å². The van der Waals surface area contributed by atoms with E-state index in [-0.39, 0.29) is 5.92 Å². The first-order chi connectivity index (χ1) is 9.08. The molecule has 1 atom stereocenters. The average molecular weight is 280 g/mol. The molecule has 1 heterocycles. The fraction of sp³-hybridized carbons (Fsp3) is 0.533. The third kappa shape index (κ3) is 2.77. The minimum absolute atomic E-state index is 0.290. The molecule has 2 aromatic rings.